The van der Waals surface area contributed by atoms with Gasteiger partial charge < -0.3 is 11.5 Å². The van der Waals surface area contributed by atoms with Gasteiger partial charge in [-0.2, -0.15) is 0 Å². The SMILES string of the molecule is CC(C)C(N)C(=O)c1cc(Cl)cnc1N. The van der Waals surface area contributed by atoms with E-state index >= 15 is 0 Å². The first-order valence-corrected chi connectivity index (χ1v) is 5.02. The molecule has 0 amide bonds. The second-order valence-corrected chi connectivity index (χ2v) is 4.16. The van der Waals surface area contributed by atoms with Gasteiger partial charge in [0.15, 0.2) is 5.78 Å². The predicted molar refractivity (Wildman–Crippen MR) is 60.8 cm³/mol. The summed E-state index contributed by atoms with van der Waals surface area (Å²) in [7, 11) is 0. The van der Waals surface area contributed by atoms with Crippen LogP contribution < -0.4 is 11.5 Å². The fourth-order valence-electron chi connectivity index (χ4n) is 1.13. The fourth-order valence-corrected chi connectivity index (χ4v) is 1.29. The van der Waals surface area contributed by atoms with Crippen LogP contribution in [0.5, 0.6) is 0 Å². The number of nitrogens with zero attached hydrogens (tertiary/aromatic N) is 1. The third-order valence-corrected chi connectivity index (χ3v) is 2.38. The van der Waals surface area contributed by atoms with Gasteiger partial charge in [0.1, 0.15) is 5.82 Å². The lowest BCUT2D eigenvalue weighted by molar-refractivity contribution is 0.0941. The summed E-state index contributed by atoms with van der Waals surface area (Å²) in [5, 5.41) is 0.378. The summed E-state index contributed by atoms with van der Waals surface area (Å²) in [5.41, 5.74) is 11.6. The van der Waals surface area contributed by atoms with Crippen molar-refractivity contribution in [2.24, 2.45) is 11.7 Å². The molecule has 1 unspecified atom stereocenters. The van der Waals surface area contributed by atoms with Gasteiger partial charge in [-0.3, -0.25) is 4.79 Å². The van der Waals surface area contributed by atoms with Gasteiger partial charge in [-0.25, -0.2) is 4.98 Å². The van der Waals surface area contributed by atoms with Gasteiger partial charge in [-0.1, -0.05) is 25.4 Å². The van der Waals surface area contributed by atoms with Gasteiger partial charge in [0.2, 0.25) is 0 Å². The Kier molecular flexibility index (Phi) is 3.66. The molecule has 0 aromatic carbocycles. The van der Waals surface area contributed by atoms with Crippen molar-refractivity contribution in [1.29, 1.82) is 0 Å². The van der Waals surface area contributed by atoms with E-state index in [1.807, 2.05) is 13.8 Å². The molecule has 15 heavy (non-hydrogen) atoms. The predicted octanol–water partition coefficient (Wildman–Crippen LogP) is 1.48. The van der Waals surface area contributed by atoms with E-state index in [1.165, 1.54) is 12.3 Å². The van der Waals surface area contributed by atoms with Gasteiger partial charge in [0.25, 0.3) is 0 Å². The van der Waals surface area contributed by atoms with Crippen LogP contribution in [0.1, 0.15) is 24.2 Å². The maximum Gasteiger partial charge on any atom is 0.183 e. The lowest BCUT2D eigenvalue weighted by Gasteiger charge is -2.14. The van der Waals surface area contributed by atoms with Crippen LogP contribution in [0.25, 0.3) is 0 Å². The summed E-state index contributed by atoms with van der Waals surface area (Å²) in [4.78, 5) is 15.7. The van der Waals surface area contributed by atoms with E-state index in [-0.39, 0.29) is 17.5 Å². The van der Waals surface area contributed by atoms with Gasteiger partial charge in [-0.15, -0.1) is 0 Å². The summed E-state index contributed by atoms with van der Waals surface area (Å²) in [6.45, 7) is 3.74. The fraction of sp³-hybridized carbons (Fsp3) is 0.400. The number of rotatable bonds is 3. The molecule has 4 nitrogen and oxygen atoms in total. The highest BCUT2D eigenvalue weighted by molar-refractivity contribution is 6.31. The van der Waals surface area contributed by atoms with Gasteiger partial charge in [-0.05, 0) is 12.0 Å². The number of pyridine rings is 1. The van der Waals surface area contributed by atoms with Crippen LogP contribution in [0.15, 0.2) is 12.3 Å². The molecule has 5 heteroatoms. The minimum absolute atomic E-state index is 0.0517. The second-order valence-electron chi connectivity index (χ2n) is 3.72. The Morgan fingerprint density at radius 3 is 2.67 bits per heavy atom. The summed E-state index contributed by atoms with van der Waals surface area (Å²) >= 11 is 5.73. The highest BCUT2D eigenvalue weighted by Crippen LogP contribution is 2.18. The van der Waals surface area contributed by atoms with Crippen molar-refractivity contribution < 1.29 is 4.79 Å². The Balaban J connectivity index is 3.05. The number of nitrogen functional groups attached to an aromatic ring is 1. The van der Waals surface area contributed by atoms with Gasteiger partial charge >= 0.3 is 0 Å². The van der Waals surface area contributed by atoms with E-state index in [0.29, 0.717) is 10.6 Å². The molecule has 0 aliphatic carbocycles. The maximum atomic E-state index is 11.9. The molecule has 0 saturated carbocycles. The van der Waals surface area contributed by atoms with Crippen LogP contribution in [-0.2, 0) is 0 Å². The van der Waals surface area contributed by atoms with E-state index in [1.54, 1.807) is 0 Å². The summed E-state index contributed by atoms with van der Waals surface area (Å²) in [5.74, 6) is -0.00567. The monoisotopic (exact) mass is 227 g/mol. The number of nitrogens with two attached hydrogens (primary N) is 2. The van der Waals surface area contributed by atoms with E-state index in [2.05, 4.69) is 4.98 Å². The summed E-state index contributed by atoms with van der Waals surface area (Å²) in [6, 6.07) is 0.918. The van der Waals surface area contributed by atoms with Crippen LogP contribution in [0.4, 0.5) is 5.82 Å². The quantitative estimate of drug-likeness (QED) is 0.767. The molecule has 0 saturated heterocycles. The first-order chi connectivity index (χ1) is 6.93. The van der Waals surface area contributed by atoms with E-state index < -0.39 is 6.04 Å². The van der Waals surface area contributed by atoms with Crippen molar-refractivity contribution in [1.82, 2.24) is 4.98 Å². The lowest BCUT2D eigenvalue weighted by Crippen LogP contribution is -2.36. The number of carbonyl (C=O) groups excluding carboxylic acids is 1. The number of aromatic nitrogens is 1. The number of hydrogen-bond acceptors (Lipinski definition) is 4. The van der Waals surface area contributed by atoms with Crippen molar-refractivity contribution in [2.75, 3.05) is 5.73 Å². The molecule has 1 rings (SSSR count). The maximum absolute atomic E-state index is 11.9. The average Bonchev–Trinajstić information content (AvgIpc) is 2.19. The standard InChI is InChI=1S/C10H14ClN3O/c1-5(2)8(12)9(15)7-3-6(11)4-14-10(7)13/h3-5,8H,12H2,1-2H3,(H2,13,14). The Labute approximate surface area is 93.6 Å². The zero-order valence-electron chi connectivity index (χ0n) is 8.70. The molecule has 1 aromatic rings. The molecule has 1 atom stereocenters. The highest BCUT2D eigenvalue weighted by atomic mass is 35.5. The number of hydrogen-bond donors (Lipinski definition) is 2. The topological polar surface area (TPSA) is 82.0 Å². The van der Waals surface area contributed by atoms with Crippen LogP contribution in [0.3, 0.4) is 0 Å². The van der Waals surface area contributed by atoms with Crippen LogP contribution in [0, 0.1) is 5.92 Å². The molecule has 0 aliphatic rings. The van der Waals surface area contributed by atoms with Crippen molar-refractivity contribution >= 4 is 23.2 Å². The summed E-state index contributed by atoms with van der Waals surface area (Å²) in [6.07, 6.45) is 1.40. The molecule has 0 spiro atoms. The Bertz CT molecular complexity index is 379. The lowest BCUT2D eigenvalue weighted by atomic mass is 9.96. The Morgan fingerprint density at radius 2 is 2.13 bits per heavy atom. The molecule has 1 aromatic heterocycles. The molecule has 0 fully saturated rings. The molecular weight excluding hydrogens is 214 g/mol. The zero-order chi connectivity index (χ0) is 11.6. The van der Waals surface area contributed by atoms with Crippen LogP contribution in [-0.4, -0.2) is 16.8 Å². The molecule has 82 valence electrons. The van der Waals surface area contributed by atoms with Crippen molar-refractivity contribution in [3.63, 3.8) is 0 Å². The largest absolute Gasteiger partial charge is 0.383 e. The van der Waals surface area contributed by atoms with Crippen molar-refractivity contribution in [3.05, 3.63) is 22.8 Å². The highest BCUT2D eigenvalue weighted by Gasteiger charge is 2.21. The number of Topliss-reactive ketones (excluding diaryl/α,β-unsaturated/α-hetero) is 1. The van der Waals surface area contributed by atoms with Gasteiger partial charge in [0, 0.05) is 6.20 Å². The average molecular weight is 228 g/mol. The van der Waals surface area contributed by atoms with Crippen molar-refractivity contribution in [2.45, 2.75) is 19.9 Å². The Morgan fingerprint density at radius 1 is 1.53 bits per heavy atom. The summed E-state index contributed by atoms with van der Waals surface area (Å²) < 4.78 is 0. The van der Waals surface area contributed by atoms with E-state index in [0.717, 1.165) is 0 Å². The molecule has 0 bridgehead atoms. The van der Waals surface area contributed by atoms with Crippen molar-refractivity contribution in [3.8, 4) is 0 Å². The van der Waals surface area contributed by atoms with Crippen LogP contribution in [0.2, 0.25) is 5.02 Å². The van der Waals surface area contributed by atoms with E-state index in [4.69, 9.17) is 23.1 Å². The molecule has 4 N–H and O–H groups in total. The number of anilines is 1. The normalized spacial score (nSPS) is 12.9. The first-order valence-electron chi connectivity index (χ1n) is 4.64. The number of halogens is 1. The third-order valence-electron chi connectivity index (χ3n) is 2.17. The van der Waals surface area contributed by atoms with E-state index in [9.17, 15) is 4.79 Å². The number of carbonyl (C=O) groups is 1. The van der Waals surface area contributed by atoms with Crippen LogP contribution >= 0.6 is 11.6 Å². The third kappa shape index (κ3) is 2.67. The zero-order valence-corrected chi connectivity index (χ0v) is 9.45. The minimum atomic E-state index is -0.576. The molecule has 0 radical (unpaired) electrons. The minimum Gasteiger partial charge on any atom is -0.383 e. The molecule has 0 aliphatic heterocycles. The second kappa shape index (κ2) is 4.59. The Hall–Kier alpha value is -1.13. The number of ketones is 1. The van der Waals surface area contributed by atoms with Gasteiger partial charge in [0.05, 0.1) is 16.6 Å². The molecule has 1 heterocycles. The first kappa shape index (κ1) is 11.9. The smallest absolute Gasteiger partial charge is 0.183 e. The molecular formula is C10H14ClN3O.